The van der Waals surface area contributed by atoms with E-state index in [1.165, 1.54) is 24.2 Å². The highest BCUT2D eigenvalue weighted by atomic mass is 32.1. The Balaban J connectivity index is 1.49. The van der Waals surface area contributed by atoms with Crippen LogP contribution >= 0.6 is 11.3 Å². The maximum absolute atomic E-state index is 12.0. The zero-order valence-electron chi connectivity index (χ0n) is 16.0. The summed E-state index contributed by atoms with van der Waals surface area (Å²) in [5.41, 5.74) is 2.42. The van der Waals surface area contributed by atoms with E-state index >= 15 is 0 Å². The van der Waals surface area contributed by atoms with Gasteiger partial charge >= 0.3 is 12.0 Å². The molecule has 150 valence electrons. The zero-order valence-corrected chi connectivity index (χ0v) is 16.8. The SMILES string of the molecule is CCCOC(=O)c1cc(-c2cnc3ccc(NC(=O)NCC4CC4)nc3n2)cs1. The van der Waals surface area contributed by atoms with Crippen LogP contribution in [-0.2, 0) is 4.74 Å². The molecule has 1 aliphatic carbocycles. The van der Waals surface area contributed by atoms with Gasteiger partial charge in [0.25, 0.3) is 0 Å². The molecule has 0 radical (unpaired) electrons. The lowest BCUT2D eigenvalue weighted by Crippen LogP contribution is -2.30. The average Bonchev–Trinajstić information content (AvgIpc) is 3.43. The summed E-state index contributed by atoms with van der Waals surface area (Å²) in [6.07, 6.45) is 4.77. The molecular formula is C20H21N5O3S. The summed E-state index contributed by atoms with van der Waals surface area (Å²) >= 11 is 1.30. The minimum atomic E-state index is -0.335. The lowest BCUT2D eigenvalue weighted by atomic mass is 10.2. The summed E-state index contributed by atoms with van der Waals surface area (Å²) in [6.45, 7) is 3.03. The molecule has 3 heterocycles. The maximum Gasteiger partial charge on any atom is 0.348 e. The quantitative estimate of drug-likeness (QED) is 0.572. The summed E-state index contributed by atoms with van der Waals surface area (Å²) in [6, 6.07) is 4.92. The zero-order chi connectivity index (χ0) is 20.2. The van der Waals surface area contributed by atoms with Gasteiger partial charge in [-0.3, -0.25) is 10.3 Å². The Bertz CT molecular complexity index is 1050. The van der Waals surface area contributed by atoms with Crippen LogP contribution in [-0.4, -0.2) is 40.1 Å². The van der Waals surface area contributed by atoms with Crippen molar-refractivity contribution in [2.24, 2.45) is 5.92 Å². The van der Waals surface area contributed by atoms with Crippen molar-refractivity contribution < 1.29 is 14.3 Å². The van der Waals surface area contributed by atoms with Crippen molar-refractivity contribution in [1.29, 1.82) is 0 Å². The molecule has 1 saturated carbocycles. The monoisotopic (exact) mass is 411 g/mol. The number of fused-ring (bicyclic) bond motifs is 1. The van der Waals surface area contributed by atoms with E-state index < -0.39 is 0 Å². The summed E-state index contributed by atoms with van der Waals surface area (Å²) in [4.78, 5) is 37.8. The third-order valence-corrected chi connectivity index (χ3v) is 5.34. The standard InChI is InChI=1S/C20H21N5O3S/c1-2-7-28-19(26)16-8-13(11-29-16)15-10-21-14-5-6-17(24-18(14)23-15)25-20(27)22-9-12-3-4-12/h5-6,8,10-12H,2-4,7,9H2,1H3,(H2,22,23,24,25,27). The predicted molar refractivity (Wildman–Crippen MR) is 111 cm³/mol. The van der Waals surface area contributed by atoms with E-state index in [2.05, 4.69) is 25.6 Å². The Kier molecular flexibility index (Phi) is 5.66. The maximum atomic E-state index is 12.0. The van der Waals surface area contributed by atoms with Gasteiger partial charge in [0, 0.05) is 17.5 Å². The largest absolute Gasteiger partial charge is 0.462 e. The van der Waals surface area contributed by atoms with Gasteiger partial charge in [0.05, 0.1) is 18.5 Å². The molecule has 3 aromatic heterocycles. The number of pyridine rings is 1. The minimum absolute atomic E-state index is 0.277. The minimum Gasteiger partial charge on any atom is -0.462 e. The van der Waals surface area contributed by atoms with Crippen LogP contribution in [0.25, 0.3) is 22.4 Å². The van der Waals surface area contributed by atoms with E-state index in [1.807, 2.05) is 12.3 Å². The third kappa shape index (κ3) is 4.86. The topological polar surface area (TPSA) is 106 Å². The smallest absolute Gasteiger partial charge is 0.348 e. The number of carbonyl (C=O) groups is 2. The van der Waals surface area contributed by atoms with E-state index in [1.54, 1.807) is 24.4 Å². The van der Waals surface area contributed by atoms with Crippen molar-refractivity contribution in [2.75, 3.05) is 18.5 Å². The number of hydrogen-bond acceptors (Lipinski definition) is 7. The fourth-order valence-corrected chi connectivity index (χ4v) is 3.46. The van der Waals surface area contributed by atoms with Crippen LogP contribution < -0.4 is 10.6 Å². The lowest BCUT2D eigenvalue weighted by Gasteiger charge is -2.07. The molecule has 29 heavy (non-hydrogen) atoms. The Hall–Kier alpha value is -3.07. The van der Waals surface area contributed by atoms with Crippen LogP contribution in [0.4, 0.5) is 10.6 Å². The molecule has 1 fully saturated rings. The van der Waals surface area contributed by atoms with Crippen molar-refractivity contribution in [3.05, 3.63) is 34.7 Å². The van der Waals surface area contributed by atoms with Crippen molar-refractivity contribution in [3.8, 4) is 11.3 Å². The van der Waals surface area contributed by atoms with Crippen LogP contribution in [0.15, 0.2) is 29.8 Å². The fourth-order valence-electron chi connectivity index (χ4n) is 2.67. The number of nitrogens with one attached hydrogen (secondary N) is 2. The number of aromatic nitrogens is 3. The molecule has 9 heteroatoms. The summed E-state index contributed by atoms with van der Waals surface area (Å²) < 4.78 is 5.16. The van der Waals surface area contributed by atoms with Gasteiger partial charge in [0.1, 0.15) is 16.2 Å². The number of hydrogen-bond donors (Lipinski definition) is 2. The molecule has 0 spiro atoms. The number of urea groups is 1. The molecule has 0 atom stereocenters. The average molecular weight is 411 g/mol. The molecule has 1 aliphatic rings. The Morgan fingerprint density at radius 2 is 2.14 bits per heavy atom. The second-order valence-electron chi connectivity index (χ2n) is 6.91. The Morgan fingerprint density at radius 1 is 1.28 bits per heavy atom. The number of ether oxygens (including phenoxy) is 1. The van der Waals surface area contributed by atoms with Gasteiger partial charge in [-0.1, -0.05) is 6.92 Å². The van der Waals surface area contributed by atoms with E-state index in [9.17, 15) is 9.59 Å². The second kappa shape index (κ2) is 8.52. The van der Waals surface area contributed by atoms with E-state index in [0.29, 0.717) is 46.6 Å². The van der Waals surface area contributed by atoms with Crippen molar-refractivity contribution >= 4 is 40.3 Å². The Morgan fingerprint density at radius 3 is 2.93 bits per heavy atom. The molecule has 8 nitrogen and oxygen atoms in total. The van der Waals surface area contributed by atoms with Gasteiger partial charge in [-0.15, -0.1) is 11.3 Å². The first-order valence-electron chi connectivity index (χ1n) is 9.57. The number of thiophene rings is 1. The van der Waals surface area contributed by atoms with E-state index in [0.717, 1.165) is 12.0 Å². The van der Waals surface area contributed by atoms with Gasteiger partial charge in [-0.25, -0.2) is 19.6 Å². The number of nitrogens with zero attached hydrogens (tertiary/aromatic N) is 3. The highest BCUT2D eigenvalue weighted by Crippen LogP contribution is 2.27. The first-order valence-corrected chi connectivity index (χ1v) is 10.4. The molecular weight excluding hydrogens is 390 g/mol. The lowest BCUT2D eigenvalue weighted by molar-refractivity contribution is 0.0511. The van der Waals surface area contributed by atoms with Gasteiger partial charge in [0.15, 0.2) is 5.65 Å². The van der Waals surface area contributed by atoms with E-state index in [-0.39, 0.29) is 12.0 Å². The van der Waals surface area contributed by atoms with Crippen molar-refractivity contribution in [2.45, 2.75) is 26.2 Å². The molecule has 0 bridgehead atoms. The number of anilines is 1. The Labute approximate surface area is 171 Å². The van der Waals surface area contributed by atoms with Crippen LogP contribution in [0.3, 0.4) is 0 Å². The number of carbonyl (C=O) groups excluding carboxylic acids is 2. The fraction of sp³-hybridized carbons (Fsp3) is 0.350. The first kappa shape index (κ1) is 19.3. The second-order valence-corrected chi connectivity index (χ2v) is 7.82. The van der Waals surface area contributed by atoms with Crippen LogP contribution in [0.2, 0.25) is 0 Å². The molecule has 3 aromatic rings. The molecule has 2 amide bonds. The van der Waals surface area contributed by atoms with Gasteiger partial charge in [0.2, 0.25) is 0 Å². The van der Waals surface area contributed by atoms with Gasteiger partial charge in [-0.2, -0.15) is 0 Å². The number of amides is 2. The van der Waals surface area contributed by atoms with Crippen molar-refractivity contribution in [3.63, 3.8) is 0 Å². The summed E-state index contributed by atoms with van der Waals surface area (Å²) in [7, 11) is 0. The normalized spacial score (nSPS) is 13.3. The van der Waals surface area contributed by atoms with Crippen LogP contribution in [0, 0.1) is 5.92 Å². The highest BCUT2D eigenvalue weighted by molar-refractivity contribution is 7.12. The van der Waals surface area contributed by atoms with Gasteiger partial charge < -0.3 is 10.1 Å². The molecule has 0 unspecified atom stereocenters. The van der Waals surface area contributed by atoms with Gasteiger partial charge in [-0.05, 0) is 43.4 Å². The molecule has 0 aliphatic heterocycles. The first-order chi connectivity index (χ1) is 14.1. The number of esters is 1. The van der Waals surface area contributed by atoms with Crippen molar-refractivity contribution in [1.82, 2.24) is 20.3 Å². The summed E-state index contributed by atoms with van der Waals surface area (Å²) in [5.74, 6) is 0.679. The number of rotatable bonds is 7. The van der Waals surface area contributed by atoms with Crippen LogP contribution in [0.1, 0.15) is 35.9 Å². The summed E-state index contributed by atoms with van der Waals surface area (Å²) in [5, 5.41) is 7.40. The molecule has 0 aromatic carbocycles. The highest BCUT2D eigenvalue weighted by Gasteiger charge is 2.21. The molecule has 0 saturated heterocycles. The van der Waals surface area contributed by atoms with E-state index in [4.69, 9.17) is 4.74 Å². The third-order valence-electron chi connectivity index (χ3n) is 4.43. The molecule has 2 N–H and O–H groups in total. The molecule has 4 rings (SSSR count). The predicted octanol–water partition coefficient (Wildman–Crippen LogP) is 3.85. The van der Waals surface area contributed by atoms with Crippen LogP contribution in [0.5, 0.6) is 0 Å².